The second-order valence-corrected chi connectivity index (χ2v) is 5.08. The molecule has 0 saturated carbocycles. The third-order valence-corrected chi connectivity index (χ3v) is 2.86. The first kappa shape index (κ1) is 17.1. The molecule has 0 heterocycles. The molecule has 1 aromatic rings. The highest BCUT2D eigenvalue weighted by molar-refractivity contribution is 6.03. The van der Waals surface area contributed by atoms with Gasteiger partial charge in [0.25, 0.3) is 0 Å². The zero-order valence-corrected chi connectivity index (χ0v) is 12.6. The monoisotopic (exact) mass is 296 g/mol. The van der Waals surface area contributed by atoms with Crippen LogP contribution in [0.2, 0.25) is 0 Å². The fourth-order valence-electron chi connectivity index (χ4n) is 1.81. The van der Waals surface area contributed by atoms with Crippen molar-refractivity contribution in [3.63, 3.8) is 0 Å². The summed E-state index contributed by atoms with van der Waals surface area (Å²) in [7, 11) is 0. The van der Waals surface area contributed by atoms with Gasteiger partial charge in [0.05, 0.1) is 24.3 Å². The Balaban J connectivity index is 2.77. The Hall–Kier alpha value is -1.91. The maximum absolute atomic E-state index is 13.3. The first-order valence-corrected chi connectivity index (χ1v) is 7.09. The van der Waals surface area contributed by atoms with Crippen LogP contribution in [0.3, 0.4) is 0 Å². The summed E-state index contributed by atoms with van der Waals surface area (Å²) in [6.07, 6.45) is 1.66. The molecule has 0 atom stereocenters. The van der Waals surface area contributed by atoms with Crippen LogP contribution in [0.25, 0.3) is 0 Å². The van der Waals surface area contributed by atoms with E-state index in [1.165, 1.54) is 6.07 Å². The Kier molecular flexibility index (Phi) is 6.85. The molecule has 0 saturated heterocycles. The van der Waals surface area contributed by atoms with Gasteiger partial charge in [-0.25, -0.2) is 14.0 Å². The maximum Gasteiger partial charge on any atom is 0.339 e. The molecule has 0 N–H and O–H groups in total. The average molecular weight is 296 g/mol. The van der Waals surface area contributed by atoms with Gasteiger partial charge in [0.2, 0.25) is 0 Å². The number of carbonyl (C=O) groups excluding carboxylic acids is 2. The molecular weight excluding hydrogens is 275 g/mol. The zero-order valence-electron chi connectivity index (χ0n) is 12.6. The van der Waals surface area contributed by atoms with Crippen LogP contribution in [0.4, 0.5) is 4.39 Å². The second-order valence-electron chi connectivity index (χ2n) is 5.08. The van der Waals surface area contributed by atoms with Crippen molar-refractivity contribution in [2.24, 2.45) is 5.92 Å². The summed E-state index contributed by atoms with van der Waals surface area (Å²) in [5, 5.41) is 0. The van der Waals surface area contributed by atoms with E-state index in [0.29, 0.717) is 5.92 Å². The molecule has 4 nitrogen and oxygen atoms in total. The summed E-state index contributed by atoms with van der Waals surface area (Å²) >= 11 is 0. The van der Waals surface area contributed by atoms with E-state index in [-0.39, 0.29) is 24.3 Å². The molecule has 5 heteroatoms. The fourth-order valence-corrected chi connectivity index (χ4v) is 1.81. The molecule has 0 aromatic heterocycles. The lowest BCUT2D eigenvalue weighted by Crippen LogP contribution is -2.15. The lowest BCUT2D eigenvalue weighted by atomic mass is 10.1. The third kappa shape index (κ3) is 5.53. The topological polar surface area (TPSA) is 52.6 Å². The molecule has 0 bridgehead atoms. The van der Waals surface area contributed by atoms with E-state index >= 15 is 0 Å². The molecule has 0 radical (unpaired) electrons. The molecule has 0 amide bonds. The number of benzene rings is 1. The number of esters is 2. The van der Waals surface area contributed by atoms with Crippen LogP contribution in [-0.4, -0.2) is 25.2 Å². The zero-order chi connectivity index (χ0) is 15.8. The average Bonchev–Trinajstić information content (AvgIpc) is 2.43. The summed E-state index contributed by atoms with van der Waals surface area (Å²) in [6.45, 7) is 6.24. The summed E-state index contributed by atoms with van der Waals surface area (Å²) in [5.41, 5.74) is -0.0786. The van der Waals surface area contributed by atoms with Crippen LogP contribution in [0.15, 0.2) is 18.2 Å². The molecule has 0 aliphatic carbocycles. The van der Waals surface area contributed by atoms with Gasteiger partial charge in [-0.1, -0.05) is 13.8 Å². The number of halogens is 1. The van der Waals surface area contributed by atoms with Gasteiger partial charge in [0.15, 0.2) is 0 Å². The van der Waals surface area contributed by atoms with Crippen LogP contribution in [0.5, 0.6) is 0 Å². The van der Waals surface area contributed by atoms with Crippen LogP contribution < -0.4 is 0 Å². The van der Waals surface area contributed by atoms with Gasteiger partial charge < -0.3 is 9.47 Å². The van der Waals surface area contributed by atoms with Gasteiger partial charge in [-0.2, -0.15) is 0 Å². The lowest BCUT2D eigenvalue weighted by Gasteiger charge is -2.10. The Labute approximate surface area is 124 Å². The van der Waals surface area contributed by atoms with E-state index in [1.807, 2.05) is 0 Å². The van der Waals surface area contributed by atoms with Gasteiger partial charge in [-0.15, -0.1) is 0 Å². The van der Waals surface area contributed by atoms with Gasteiger partial charge >= 0.3 is 11.9 Å². The van der Waals surface area contributed by atoms with Crippen molar-refractivity contribution in [3.05, 3.63) is 35.1 Å². The molecule has 116 valence electrons. The van der Waals surface area contributed by atoms with Crippen molar-refractivity contribution in [2.75, 3.05) is 13.2 Å². The molecular formula is C16H21FO4. The highest BCUT2D eigenvalue weighted by Crippen LogP contribution is 2.15. The normalized spacial score (nSPS) is 10.5. The minimum Gasteiger partial charge on any atom is -0.462 e. The van der Waals surface area contributed by atoms with Crippen LogP contribution in [0.1, 0.15) is 54.3 Å². The van der Waals surface area contributed by atoms with Crippen molar-refractivity contribution in [1.82, 2.24) is 0 Å². The standard InChI is InChI=1S/C16H21FO4/c1-4-20-15(18)13-8-7-12(17)10-14(13)16(19)21-9-5-6-11(2)3/h7-8,10-11H,4-6,9H2,1-3H3. The Morgan fingerprint density at radius 1 is 1.14 bits per heavy atom. The van der Waals surface area contributed by atoms with Crippen LogP contribution in [-0.2, 0) is 9.47 Å². The number of ether oxygens (including phenoxy) is 2. The van der Waals surface area contributed by atoms with Gasteiger partial charge in [-0.3, -0.25) is 0 Å². The van der Waals surface area contributed by atoms with Crippen molar-refractivity contribution in [2.45, 2.75) is 33.6 Å². The predicted molar refractivity (Wildman–Crippen MR) is 76.7 cm³/mol. The van der Waals surface area contributed by atoms with Crippen molar-refractivity contribution in [1.29, 1.82) is 0 Å². The molecule has 1 aromatic carbocycles. The molecule has 0 aliphatic rings. The highest BCUT2D eigenvalue weighted by Gasteiger charge is 2.20. The van der Waals surface area contributed by atoms with E-state index < -0.39 is 17.8 Å². The highest BCUT2D eigenvalue weighted by atomic mass is 19.1. The molecule has 0 aliphatic heterocycles. The predicted octanol–water partition coefficient (Wildman–Crippen LogP) is 3.60. The lowest BCUT2D eigenvalue weighted by molar-refractivity contribution is 0.0460. The van der Waals surface area contributed by atoms with Gasteiger partial charge in [0, 0.05) is 0 Å². The van der Waals surface area contributed by atoms with Crippen LogP contribution in [0, 0.1) is 11.7 Å². The Bertz CT molecular complexity index is 497. The molecule has 0 spiro atoms. The van der Waals surface area contributed by atoms with Gasteiger partial charge in [0.1, 0.15) is 5.82 Å². The number of rotatable bonds is 7. The fraction of sp³-hybridized carbons (Fsp3) is 0.500. The second kappa shape index (κ2) is 8.39. The molecule has 21 heavy (non-hydrogen) atoms. The van der Waals surface area contributed by atoms with Crippen LogP contribution >= 0.6 is 0 Å². The molecule has 1 rings (SSSR count). The summed E-state index contributed by atoms with van der Waals surface area (Å²) in [6, 6.07) is 3.34. The van der Waals surface area contributed by atoms with Crippen molar-refractivity contribution < 1.29 is 23.5 Å². The summed E-state index contributed by atoms with van der Waals surface area (Å²) in [5.74, 6) is -1.45. The first-order chi connectivity index (χ1) is 9.95. The first-order valence-electron chi connectivity index (χ1n) is 7.09. The smallest absolute Gasteiger partial charge is 0.339 e. The van der Waals surface area contributed by atoms with E-state index in [9.17, 15) is 14.0 Å². The van der Waals surface area contributed by atoms with Crippen molar-refractivity contribution >= 4 is 11.9 Å². The van der Waals surface area contributed by atoms with E-state index in [1.54, 1.807) is 6.92 Å². The van der Waals surface area contributed by atoms with E-state index in [4.69, 9.17) is 9.47 Å². The third-order valence-electron chi connectivity index (χ3n) is 2.86. The number of hydrogen-bond acceptors (Lipinski definition) is 4. The van der Waals surface area contributed by atoms with Gasteiger partial charge in [-0.05, 0) is 43.9 Å². The SMILES string of the molecule is CCOC(=O)c1ccc(F)cc1C(=O)OCCCC(C)C. The summed E-state index contributed by atoms with van der Waals surface area (Å²) in [4.78, 5) is 23.7. The minimum atomic E-state index is -0.707. The molecule has 0 unspecified atom stereocenters. The quantitative estimate of drug-likeness (QED) is 0.570. The van der Waals surface area contributed by atoms with E-state index in [2.05, 4.69) is 13.8 Å². The summed E-state index contributed by atoms with van der Waals surface area (Å²) < 4.78 is 23.2. The Morgan fingerprint density at radius 3 is 2.43 bits per heavy atom. The maximum atomic E-state index is 13.3. The minimum absolute atomic E-state index is 0.0205. The largest absolute Gasteiger partial charge is 0.462 e. The number of hydrogen-bond donors (Lipinski definition) is 0. The molecule has 0 fully saturated rings. The number of carbonyl (C=O) groups is 2. The van der Waals surface area contributed by atoms with Crippen molar-refractivity contribution in [3.8, 4) is 0 Å². The van der Waals surface area contributed by atoms with E-state index in [0.717, 1.165) is 25.0 Å². The Morgan fingerprint density at radius 2 is 1.81 bits per heavy atom.